The van der Waals surface area contributed by atoms with Crippen molar-refractivity contribution in [1.82, 2.24) is 4.57 Å². The van der Waals surface area contributed by atoms with Crippen LogP contribution in [0.25, 0.3) is 22.0 Å². The van der Waals surface area contributed by atoms with Gasteiger partial charge in [-0.2, -0.15) is 0 Å². The zero-order chi connectivity index (χ0) is 21.5. The van der Waals surface area contributed by atoms with Gasteiger partial charge in [0.15, 0.2) is 0 Å². The fourth-order valence-electron chi connectivity index (χ4n) is 3.93. The number of carbonyl (C=O) groups is 1. The van der Waals surface area contributed by atoms with Crippen molar-refractivity contribution in [3.05, 3.63) is 64.4 Å². The summed E-state index contributed by atoms with van der Waals surface area (Å²) in [6.07, 6.45) is -0.652. The molecule has 1 amide bonds. The van der Waals surface area contributed by atoms with Gasteiger partial charge in [-0.3, -0.25) is 9.69 Å². The van der Waals surface area contributed by atoms with Crippen LogP contribution in [-0.2, 0) is 17.2 Å². The third-order valence-electron chi connectivity index (χ3n) is 5.49. The normalized spacial score (nSPS) is 14.9. The van der Waals surface area contributed by atoms with Gasteiger partial charge in [0.2, 0.25) is 0 Å². The van der Waals surface area contributed by atoms with E-state index >= 15 is 0 Å². The number of pyridine rings is 1. The monoisotopic (exact) mass is 412 g/mol. The number of amides is 1. The van der Waals surface area contributed by atoms with Crippen molar-refractivity contribution >= 4 is 22.6 Å². The van der Waals surface area contributed by atoms with Crippen LogP contribution >= 0.6 is 0 Å². The molecule has 156 valence electrons. The summed E-state index contributed by atoms with van der Waals surface area (Å²) in [4.78, 5) is 26.7. The number of nitrogens with zero attached hydrogens (tertiary/aromatic N) is 2. The molecule has 0 spiro atoms. The smallest absolute Gasteiger partial charge is 0.413 e. The van der Waals surface area contributed by atoms with Gasteiger partial charge in [-0.15, -0.1) is 0 Å². The number of fused-ring (bicyclic) bond motifs is 4. The second-order valence-electron chi connectivity index (χ2n) is 7.37. The lowest BCUT2D eigenvalue weighted by Gasteiger charge is -2.26. The van der Waals surface area contributed by atoms with Crippen molar-refractivity contribution < 1.29 is 18.3 Å². The Balaban J connectivity index is 1.92. The van der Waals surface area contributed by atoms with Crippen LogP contribution in [0.5, 0.6) is 0 Å². The van der Waals surface area contributed by atoms with Gasteiger partial charge in [0, 0.05) is 42.2 Å². The fraction of sp³-hybridized carbons (Fsp3) is 0.304. The van der Waals surface area contributed by atoms with Crippen molar-refractivity contribution in [2.75, 3.05) is 18.6 Å². The number of anilines is 1. The van der Waals surface area contributed by atoms with Crippen molar-refractivity contribution in [1.29, 1.82) is 0 Å². The van der Waals surface area contributed by atoms with Crippen LogP contribution in [0.4, 0.5) is 19.3 Å². The van der Waals surface area contributed by atoms with Gasteiger partial charge in [0.25, 0.3) is 11.5 Å². The van der Waals surface area contributed by atoms with Gasteiger partial charge in [-0.05, 0) is 36.9 Å². The van der Waals surface area contributed by atoms with Gasteiger partial charge < -0.3 is 9.30 Å². The summed E-state index contributed by atoms with van der Waals surface area (Å²) in [7, 11) is 1.57. The highest BCUT2D eigenvalue weighted by Gasteiger charge is 2.35. The summed E-state index contributed by atoms with van der Waals surface area (Å²) in [6.45, 7) is 2.17. The van der Waals surface area contributed by atoms with E-state index < -0.39 is 12.0 Å². The van der Waals surface area contributed by atoms with E-state index in [1.165, 1.54) is 11.0 Å². The van der Waals surface area contributed by atoms with Crippen LogP contribution in [0.1, 0.15) is 25.3 Å². The van der Waals surface area contributed by atoms with Gasteiger partial charge in [-0.1, -0.05) is 30.3 Å². The quantitative estimate of drug-likeness (QED) is 0.585. The number of rotatable bonds is 2. The first-order valence-corrected chi connectivity index (χ1v) is 9.89. The average molecular weight is 412 g/mol. The number of hydrogen-bond acceptors (Lipinski definition) is 3. The van der Waals surface area contributed by atoms with Crippen LogP contribution in [0.2, 0.25) is 0 Å². The summed E-state index contributed by atoms with van der Waals surface area (Å²) >= 11 is 0. The first-order valence-electron chi connectivity index (χ1n) is 9.89. The standard InChI is InChI=1S/C23H22F2N2O3/c1-3-30-22(29)26(2)16-10-9-15-13-20-17-7-4-5-8-19(17)23(24,25)11-6-12-27(20)21(28)18(15)14-16/h4-5,7-10,13-14H,3,6,11-12H2,1-2H3. The highest BCUT2D eigenvalue weighted by Crippen LogP contribution is 2.41. The molecule has 0 fully saturated rings. The van der Waals surface area contributed by atoms with E-state index in [1.54, 1.807) is 61.0 Å². The third kappa shape index (κ3) is 3.34. The SMILES string of the molecule is CCOC(=O)N(C)c1ccc2cc3n(c(=O)c2c1)CCCC(F)(F)c1ccccc1-3. The first-order chi connectivity index (χ1) is 14.3. The van der Waals surface area contributed by atoms with Crippen LogP contribution in [-0.4, -0.2) is 24.3 Å². The molecule has 5 nitrogen and oxygen atoms in total. The zero-order valence-electron chi connectivity index (χ0n) is 16.8. The lowest BCUT2D eigenvalue weighted by molar-refractivity contribution is -0.0164. The van der Waals surface area contributed by atoms with Crippen molar-refractivity contribution in [3.63, 3.8) is 0 Å². The second kappa shape index (κ2) is 7.55. The van der Waals surface area contributed by atoms with Gasteiger partial charge in [0.05, 0.1) is 12.3 Å². The van der Waals surface area contributed by atoms with Crippen molar-refractivity contribution in [2.24, 2.45) is 0 Å². The molecule has 2 aromatic carbocycles. The maximum Gasteiger partial charge on any atom is 0.413 e. The predicted octanol–water partition coefficient (Wildman–Crippen LogP) is 5.15. The fourth-order valence-corrected chi connectivity index (χ4v) is 3.93. The molecule has 1 aliphatic rings. The van der Waals surface area contributed by atoms with Gasteiger partial charge in [-0.25, -0.2) is 13.6 Å². The molecule has 0 unspecified atom stereocenters. The van der Waals surface area contributed by atoms with Crippen molar-refractivity contribution in [3.8, 4) is 11.3 Å². The zero-order valence-corrected chi connectivity index (χ0v) is 16.8. The minimum absolute atomic E-state index is 0.0594. The molecule has 0 radical (unpaired) electrons. The number of benzene rings is 2. The molecule has 2 heterocycles. The minimum atomic E-state index is -2.95. The molecular weight excluding hydrogens is 390 g/mol. The lowest BCUT2D eigenvalue weighted by atomic mass is 9.93. The molecule has 30 heavy (non-hydrogen) atoms. The summed E-state index contributed by atoms with van der Waals surface area (Å²) < 4.78 is 36.0. The topological polar surface area (TPSA) is 51.5 Å². The number of aromatic nitrogens is 1. The maximum absolute atomic E-state index is 14.7. The molecule has 7 heteroatoms. The van der Waals surface area contributed by atoms with Crippen molar-refractivity contribution in [2.45, 2.75) is 32.2 Å². The average Bonchev–Trinajstić information content (AvgIpc) is 2.73. The molecule has 3 aromatic rings. The molecular formula is C23H22F2N2O3. The van der Waals surface area contributed by atoms with E-state index in [9.17, 15) is 18.4 Å². The van der Waals surface area contributed by atoms with E-state index in [1.807, 2.05) is 0 Å². The molecule has 0 saturated heterocycles. The van der Waals surface area contributed by atoms with Crippen LogP contribution in [0, 0.1) is 0 Å². The Kier molecular flexibility index (Phi) is 5.05. The molecule has 0 atom stereocenters. The number of halogens is 2. The van der Waals surface area contributed by atoms with E-state index in [0.717, 1.165) is 0 Å². The minimum Gasteiger partial charge on any atom is -0.449 e. The second-order valence-corrected chi connectivity index (χ2v) is 7.37. The molecule has 0 saturated carbocycles. The largest absolute Gasteiger partial charge is 0.449 e. The number of alkyl halides is 2. The number of ether oxygens (including phenoxy) is 1. The molecule has 1 aliphatic heterocycles. The van der Waals surface area contributed by atoms with E-state index in [4.69, 9.17) is 4.74 Å². The van der Waals surface area contributed by atoms with E-state index in [0.29, 0.717) is 27.7 Å². The Labute approximate surface area is 172 Å². The first kappa shape index (κ1) is 20.1. The number of carbonyl (C=O) groups excluding carboxylic acids is 1. The Morgan fingerprint density at radius 2 is 1.97 bits per heavy atom. The van der Waals surface area contributed by atoms with E-state index in [2.05, 4.69) is 0 Å². The lowest BCUT2D eigenvalue weighted by Crippen LogP contribution is -2.28. The van der Waals surface area contributed by atoms with Crippen LogP contribution in [0.15, 0.2) is 53.3 Å². The highest BCUT2D eigenvalue weighted by atomic mass is 19.3. The maximum atomic E-state index is 14.7. The summed E-state index contributed by atoms with van der Waals surface area (Å²) in [5.74, 6) is -2.95. The molecule has 0 N–H and O–H groups in total. The van der Waals surface area contributed by atoms with Crippen LogP contribution in [0.3, 0.4) is 0 Å². The van der Waals surface area contributed by atoms with E-state index in [-0.39, 0.29) is 37.1 Å². The van der Waals surface area contributed by atoms with Gasteiger partial charge >= 0.3 is 6.09 Å². The number of hydrogen-bond donors (Lipinski definition) is 0. The molecule has 0 aliphatic carbocycles. The predicted molar refractivity (Wildman–Crippen MR) is 112 cm³/mol. The summed E-state index contributed by atoms with van der Waals surface area (Å²) in [5.41, 5.74) is 1.05. The summed E-state index contributed by atoms with van der Waals surface area (Å²) in [6, 6.07) is 13.2. The molecule has 4 rings (SSSR count). The van der Waals surface area contributed by atoms with Crippen LogP contribution < -0.4 is 10.5 Å². The molecule has 1 aromatic heterocycles. The summed E-state index contributed by atoms with van der Waals surface area (Å²) in [5, 5.41) is 1.06. The molecule has 0 bridgehead atoms. The van der Waals surface area contributed by atoms with Gasteiger partial charge in [0.1, 0.15) is 0 Å². The third-order valence-corrected chi connectivity index (χ3v) is 5.49. The Morgan fingerprint density at radius 3 is 2.73 bits per heavy atom. The Bertz CT molecular complexity index is 1190. The Hall–Kier alpha value is -3.22. The Morgan fingerprint density at radius 1 is 1.20 bits per heavy atom. The highest BCUT2D eigenvalue weighted by molar-refractivity contribution is 5.93.